The molecule has 1 aromatic rings. The molecule has 0 aromatic carbocycles. The van der Waals surface area contributed by atoms with Gasteiger partial charge in [0.2, 0.25) is 0 Å². The van der Waals surface area contributed by atoms with Crippen LogP contribution in [0, 0.1) is 6.92 Å². The van der Waals surface area contributed by atoms with Crippen LogP contribution in [-0.2, 0) is 13.0 Å². The lowest BCUT2D eigenvalue weighted by Gasteiger charge is -2.10. The molecule has 0 radical (unpaired) electrons. The van der Waals surface area contributed by atoms with Gasteiger partial charge >= 0.3 is 6.18 Å². The van der Waals surface area contributed by atoms with Crippen molar-refractivity contribution in [3.63, 3.8) is 0 Å². The molecule has 0 spiro atoms. The molecule has 0 amide bonds. The van der Waals surface area contributed by atoms with Gasteiger partial charge in [-0.1, -0.05) is 0 Å². The molecule has 0 aliphatic heterocycles. The normalized spacial score (nSPS) is 11.8. The third kappa shape index (κ3) is 2.70. The molecule has 0 atom stereocenters. The zero-order valence-electron chi connectivity index (χ0n) is 7.60. The van der Waals surface area contributed by atoms with Gasteiger partial charge in [-0.3, -0.25) is 4.98 Å². The van der Waals surface area contributed by atoms with E-state index in [4.69, 9.17) is 5.11 Å². The van der Waals surface area contributed by atoms with Crippen molar-refractivity contribution in [2.24, 2.45) is 0 Å². The van der Waals surface area contributed by atoms with Gasteiger partial charge in [-0.05, 0) is 18.6 Å². The summed E-state index contributed by atoms with van der Waals surface area (Å²) in [5, 5.41) is 8.89. The van der Waals surface area contributed by atoms with Gasteiger partial charge in [0.1, 0.15) is 0 Å². The van der Waals surface area contributed by atoms with E-state index in [0.717, 1.165) is 0 Å². The maximum atomic E-state index is 12.1. The van der Waals surface area contributed by atoms with Gasteiger partial charge in [0.05, 0.1) is 18.7 Å². The highest BCUT2D eigenvalue weighted by Gasteiger charge is 2.29. The van der Waals surface area contributed by atoms with Crippen molar-refractivity contribution in [1.29, 1.82) is 0 Å². The number of hydrogen-bond acceptors (Lipinski definition) is 2. The van der Waals surface area contributed by atoms with E-state index < -0.39 is 19.2 Å². The molecule has 1 rings (SSSR count). The second-order valence-electron chi connectivity index (χ2n) is 3.00. The van der Waals surface area contributed by atoms with Crippen LogP contribution in [0.4, 0.5) is 13.2 Å². The molecule has 0 fully saturated rings. The predicted molar refractivity (Wildman–Crippen MR) is 44.7 cm³/mol. The first kappa shape index (κ1) is 11.0. The fourth-order valence-electron chi connectivity index (χ4n) is 1.20. The first-order valence-corrected chi connectivity index (χ1v) is 4.05. The maximum absolute atomic E-state index is 12.1. The van der Waals surface area contributed by atoms with Crippen molar-refractivity contribution in [3.8, 4) is 0 Å². The maximum Gasteiger partial charge on any atom is 0.394 e. The number of aliphatic hydroxyl groups is 1. The van der Waals surface area contributed by atoms with Crippen LogP contribution in [-0.4, -0.2) is 16.3 Å². The van der Waals surface area contributed by atoms with Crippen LogP contribution in [0.25, 0.3) is 0 Å². The molecule has 0 bridgehead atoms. The van der Waals surface area contributed by atoms with Crippen molar-refractivity contribution in [2.45, 2.75) is 26.1 Å². The quantitative estimate of drug-likeness (QED) is 0.800. The Bertz CT molecular complexity index is 322. The summed E-state index contributed by atoms with van der Waals surface area (Å²) in [5.41, 5.74) is 0.798. The van der Waals surface area contributed by atoms with E-state index in [1.807, 2.05) is 0 Å². The Morgan fingerprint density at radius 3 is 2.57 bits per heavy atom. The Kier molecular flexibility index (Phi) is 3.10. The first-order chi connectivity index (χ1) is 6.44. The third-order valence-electron chi connectivity index (χ3n) is 1.91. The van der Waals surface area contributed by atoms with Gasteiger partial charge in [-0.2, -0.15) is 13.2 Å². The second kappa shape index (κ2) is 3.96. The number of alkyl halides is 3. The average Bonchev–Trinajstić information content (AvgIpc) is 2.01. The van der Waals surface area contributed by atoms with E-state index in [0.29, 0.717) is 5.56 Å². The number of aliphatic hydroxyl groups excluding tert-OH is 1. The number of halogens is 3. The number of rotatable bonds is 2. The number of aromatic nitrogens is 1. The summed E-state index contributed by atoms with van der Waals surface area (Å²) < 4.78 is 36.2. The first-order valence-electron chi connectivity index (χ1n) is 4.05. The molecule has 0 unspecified atom stereocenters. The number of hydrogen-bond donors (Lipinski definition) is 1. The Morgan fingerprint density at radius 1 is 1.43 bits per heavy atom. The molecular weight excluding hydrogens is 195 g/mol. The van der Waals surface area contributed by atoms with Crippen LogP contribution in [0.2, 0.25) is 0 Å². The van der Waals surface area contributed by atoms with E-state index in [9.17, 15) is 13.2 Å². The summed E-state index contributed by atoms with van der Waals surface area (Å²) >= 11 is 0. The molecule has 0 saturated heterocycles. The van der Waals surface area contributed by atoms with E-state index in [2.05, 4.69) is 4.98 Å². The van der Waals surface area contributed by atoms with Gasteiger partial charge < -0.3 is 5.11 Å². The molecule has 1 N–H and O–H groups in total. The molecule has 0 saturated carbocycles. The van der Waals surface area contributed by atoms with E-state index in [1.165, 1.54) is 6.20 Å². The van der Waals surface area contributed by atoms with Crippen LogP contribution in [0.3, 0.4) is 0 Å². The van der Waals surface area contributed by atoms with Gasteiger partial charge in [-0.25, -0.2) is 0 Å². The third-order valence-corrected chi connectivity index (χ3v) is 1.91. The van der Waals surface area contributed by atoms with Crippen LogP contribution >= 0.6 is 0 Å². The summed E-state index contributed by atoms with van der Waals surface area (Å²) in [5.74, 6) is 0. The minimum Gasteiger partial charge on any atom is -0.392 e. The molecule has 0 aliphatic carbocycles. The molecule has 2 nitrogen and oxygen atoms in total. The van der Waals surface area contributed by atoms with E-state index in [-0.39, 0.29) is 11.3 Å². The monoisotopic (exact) mass is 205 g/mol. The van der Waals surface area contributed by atoms with Gasteiger partial charge in [-0.15, -0.1) is 0 Å². The lowest BCUT2D eigenvalue weighted by molar-refractivity contribution is -0.128. The summed E-state index contributed by atoms with van der Waals surface area (Å²) in [6.45, 7) is 1.23. The number of pyridine rings is 1. The molecule has 1 heterocycles. The molecule has 78 valence electrons. The Labute approximate surface area is 79.4 Å². The standard InChI is InChI=1S/C9H10F3NO/c1-6-2-3-13-8(7(6)5-14)4-9(10,11)12/h2-3,14H,4-5H2,1H3. The average molecular weight is 205 g/mol. The minimum absolute atomic E-state index is 0.0972. The van der Waals surface area contributed by atoms with Crippen LogP contribution in [0.15, 0.2) is 12.3 Å². The summed E-state index contributed by atoms with van der Waals surface area (Å²) in [6.07, 6.45) is -4.06. The molecule has 14 heavy (non-hydrogen) atoms. The summed E-state index contributed by atoms with van der Waals surface area (Å²) in [7, 11) is 0. The zero-order chi connectivity index (χ0) is 10.8. The highest BCUT2D eigenvalue weighted by Crippen LogP contribution is 2.23. The smallest absolute Gasteiger partial charge is 0.392 e. The summed E-state index contributed by atoms with van der Waals surface area (Å²) in [4.78, 5) is 3.62. The predicted octanol–water partition coefficient (Wildman–Crippen LogP) is 1.99. The van der Waals surface area contributed by atoms with Crippen molar-refractivity contribution in [2.75, 3.05) is 0 Å². The fraction of sp³-hybridized carbons (Fsp3) is 0.444. The van der Waals surface area contributed by atoms with Crippen molar-refractivity contribution >= 4 is 0 Å². The molecule has 5 heteroatoms. The SMILES string of the molecule is Cc1ccnc(CC(F)(F)F)c1CO. The molecule has 0 aliphatic rings. The Balaban J connectivity index is 3.02. The van der Waals surface area contributed by atoms with Gasteiger partial charge in [0.25, 0.3) is 0 Å². The van der Waals surface area contributed by atoms with Crippen LogP contribution in [0.5, 0.6) is 0 Å². The van der Waals surface area contributed by atoms with E-state index >= 15 is 0 Å². The second-order valence-corrected chi connectivity index (χ2v) is 3.00. The molecular formula is C9H10F3NO. The van der Waals surface area contributed by atoms with Gasteiger partial charge in [0, 0.05) is 11.8 Å². The zero-order valence-corrected chi connectivity index (χ0v) is 7.60. The fourth-order valence-corrected chi connectivity index (χ4v) is 1.20. The van der Waals surface area contributed by atoms with Gasteiger partial charge in [0.15, 0.2) is 0 Å². The lowest BCUT2D eigenvalue weighted by atomic mass is 10.1. The number of aryl methyl sites for hydroxylation is 1. The Hall–Kier alpha value is -1.10. The highest BCUT2D eigenvalue weighted by molar-refractivity contribution is 5.28. The lowest BCUT2D eigenvalue weighted by Crippen LogP contribution is -2.15. The van der Waals surface area contributed by atoms with Crippen molar-refractivity contribution < 1.29 is 18.3 Å². The summed E-state index contributed by atoms with van der Waals surface area (Å²) in [6, 6.07) is 1.57. The van der Waals surface area contributed by atoms with E-state index in [1.54, 1.807) is 13.0 Å². The topological polar surface area (TPSA) is 33.1 Å². The van der Waals surface area contributed by atoms with Crippen molar-refractivity contribution in [3.05, 3.63) is 29.1 Å². The largest absolute Gasteiger partial charge is 0.394 e. The number of nitrogens with zero attached hydrogens (tertiary/aromatic N) is 1. The highest BCUT2D eigenvalue weighted by atomic mass is 19.4. The van der Waals surface area contributed by atoms with Crippen LogP contribution < -0.4 is 0 Å². The molecule has 1 aromatic heterocycles. The minimum atomic E-state index is -4.29. The Morgan fingerprint density at radius 2 is 2.07 bits per heavy atom. The van der Waals surface area contributed by atoms with Crippen LogP contribution in [0.1, 0.15) is 16.8 Å². The van der Waals surface area contributed by atoms with Crippen molar-refractivity contribution in [1.82, 2.24) is 4.98 Å².